The maximum atomic E-state index is 13.7. The van der Waals surface area contributed by atoms with E-state index in [0.29, 0.717) is 12.5 Å². The molecule has 3 rings (SSSR count). The topological polar surface area (TPSA) is 65.7 Å². The number of hydrogen-bond acceptors (Lipinski definition) is 4. The summed E-state index contributed by atoms with van der Waals surface area (Å²) < 4.78 is 42.6. The van der Waals surface area contributed by atoms with Crippen molar-refractivity contribution in [1.82, 2.24) is 19.8 Å². The molecule has 0 aromatic carbocycles. The number of rotatable bonds is 5. The number of thioether (sulfide) groups is 1. The van der Waals surface area contributed by atoms with E-state index >= 15 is 0 Å². The number of nitrogens with zero attached hydrogens (tertiary/aromatic N) is 4. The molecule has 2 aliphatic rings. The second-order valence-corrected chi connectivity index (χ2v) is 9.78. The molecule has 6 nitrogen and oxygen atoms in total. The third-order valence-electron chi connectivity index (χ3n) is 6.04. The lowest BCUT2D eigenvalue weighted by molar-refractivity contribution is -0.272. The predicted octanol–water partition coefficient (Wildman–Crippen LogP) is 3.28. The molecule has 1 spiro atoms. The molecule has 1 atom stereocenters. The molecule has 1 unspecified atom stereocenters. The van der Waals surface area contributed by atoms with Crippen LogP contribution >= 0.6 is 11.8 Å². The second-order valence-electron chi connectivity index (χ2n) is 8.22. The standard InChI is InChI=1S/C20H32F3N5OS/c1-3-24-17(28-13-14-30-18(15-28)7-5-4-6-8-18)26-10-9-19(29,20(21,22)23)16-25-11-12-27(16)2/h11-12,29H,3-10,13-15H2,1-2H3,(H,24,26). The van der Waals surface area contributed by atoms with E-state index in [4.69, 9.17) is 0 Å². The van der Waals surface area contributed by atoms with Gasteiger partial charge in [-0.25, -0.2) is 4.98 Å². The van der Waals surface area contributed by atoms with Crippen molar-refractivity contribution in [2.45, 2.75) is 62.0 Å². The van der Waals surface area contributed by atoms with Crippen molar-refractivity contribution in [3.63, 3.8) is 0 Å². The van der Waals surface area contributed by atoms with Gasteiger partial charge >= 0.3 is 6.18 Å². The zero-order chi connectivity index (χ0) is 21.8. The van der Waals surface area contributed by atoms with Gasteiger partial charge in [-0.2, -0.15) is 24.9 Å². The SMILES string of the molecule is CCNC(=NCCC(O)(c1nccn1C)C(F)(F)F)N1CCSC2(CCCCC2)C1. The molecular formula is C20H32F3N5OS. The van der Waals surface area contributed by atoms with Gasteiger partial charge in [-0.3, -0.25) is 4.99 Å². The van der Waals surface area contributed by atoms with Gasteiger partial charge in [0.05, 0.1) is 0 Å². The Morgan fingerprint density at radius 2 is 2.07 bits per heavy atom. The molecule has 30 heavy (non-hydrogen) atoms. The van der Waals surface area contributed by atoms with Crippen LogP contribution in [0, 0.1) is 0 Å². The molecule has 1 aliphatic carbocycles. The van der Waals surface area contributed by atoms with Crippen LogP contribution < -0.4 is 5.32 Å². The van der Waals surface area contributed by atoms with Crippen molar-refractivity contribution in [2.75, 3.05) is 31.9 Å². The first kappa shape index (κ1) is 23.2. The van der Waals surface area contributed by atoms with Crippen LogP contribution in [0.3, 0.4) is 0 Å². The van der Waals surface area contributed by atoms with Crippen molar-refractivity contribution in [3.8, 4) is 0 Å². The maximum Gasteiger partial charge on any atom is 0.424 e. The summed E-state index contributed by atoms with van der Waals surface area (Å²) >= 11 is 2.03. The number of alkyl halides is 3. The van der Waals surface area contributed by atoms with Crippen LogP contribution in [0.5, 0.6) is 0 Å². The van der Waals surface area contributed by atoms with Gasteiger partial charge in [0.2, 0.25) is 5.60 Å². The Morgan fingerprint density at radius 1 is 1.33 bits per heavy atom. The van der Waals surface area contributed by atoms with Gasteiger partial charge in [0.25, 0.3) is 0 Å². The summed E-state index contributed by atoms with van der Waals surface area (Å²) in [6.45, 7) is 4.12. The highest BCUT2D eigenvalue weighted by atomic mass is 32.2. The van der Waals surface area contributed by atoms with Gasteiger partial charge in [-0.15, -0.1) is 0 Å². The lowest BCUT2D eigenvalue weighted by Gasteiger charge is -2.45. The third-order valence-corrected chi connectivity index (χ3v) is 7.58. The number of imidazole rings is 1. The zero-order valence-electron chi connectivity index (χ0n) is 17.7. The number of halogens is 3. The summed E-state index contributed by atoms with van der Waals surface area (Å²) in [7, 11) is 1.45. The highest BCUT2D eigenvalue weighted by Crippen LogP contribution is 2.43. The molecule has 0 amide bonds. The summed E-state index contributed by atoms with van der Waals surface area (Å²) in [4.78, 5) is 10.4. The largest absolute Gasteiger partial charge is 0.424 e. The maximum absolute atomic E-state index is 13.7. The van der Waals surface area contributed by atoms with E-state index in [2.05, 4.69) is 20.2 Å². The van der Waals surface area contributed by atoms with Gasteiger partial charge in [-0.1, -0.05) is 19.3 Å². The van der Waals surface area contributed by atoms with E-state index in [1.807, 2.05) is 18.7 Å². The lowest BCUT2D eigenvalue weighted by Crippen LogP contribution is -2.53. The fourth-order valence-electron chi connectivity index (χ4n) is 4.42. The van der Waals surface area contributed by atoms with Crippen LogP contribution in [0.15, 0.2) is 17.4 Å². The molecule has 0 radical (unpaired) electrons. The van der Waals surface area contributed by atoms with Crippen LogP contribution in [0.4, 0.5) is 13.2 Å². The van der Waals surface area contributed by atoms with E-state index in [9.17, 15) is 18.3 Å². The van der Waals surface area contributed by atoms with E-state index in [0.717, 1.165) is 18.8 Å². The minimum absolute atomic E-state index is 0.151. The van der Waals surface area contributed by atoms with Crippen LogP contribution in [0.1, 0.15) is 51.3 Å². The van der Waals surface area contributed by atoms with Crippen LogP contribution in [0.25, 0.3) is 0 Å². The first-order valence-electron chi connectivity index (χ1n) is 10.6. The Balaban J connectivity index is 1.74. The average Bonchev–Trinajstić information content (AvgIpc) is 3.13. The predicted molar refractivity (Wildman–Crippen MR) is 114 cm³/mol. The molecule has 1 saturated heterocycles. The van der Waals surface area contributed by atoms with Crippen LogP contribution in [-0.4, -0.2) is 68.4 Å². The molecule has 170 valence electrons. The molecule has 1 aromatic heterocycles. The number of guanidine groups is 1. The summed E-state index contributed by atoms with van der Waals surface area (Å²) in [6.07, 6.45) is 3.34. The first-order chi connectivity index (χ1) is 14.2. The molecule has 2 fully saturated rings. The summed E-state index contributed by atoms with van der Waals surface area (Å²) in [5.41, 5.74) is -3.03. The van der Waals surface area contributed by atoms with Crippen molar-refractivity contribution in [1.29, 1.82) is 0 Å². The highest BCUT2D eigenvalue weighted by Gasteiger charge is 2.57. The van der Waals surface area contributed by atoms with Gasteiger partial charge < -0.3 is 19.9 Å². The lowest BCUT2D eigenvalue weighted by atomic mass is 9.87. The minimum Gasteiger partial charge on any atom is -0.374 e. The fraction of sp³-hybridized carbons (Fsp3) is 0.800. The van der Waals surface area contributed by atoms with Crippen molar-refractivity contribution >= 4 is 17.7 Å². The number of nitrogens with one attached hydrogen (secondary N) is 1. The molecule has 0 bridgehead atoms. The van der Waals surface area contributed by atoms with E-state index in [-0.39, 0.29) is 11.3 Å². The summed E-state index contributed by atoms with van der Waals surface area (Å²) in [6, 6.07) is 0. The van der Waals surface area contributed by atoms with Gasteiger partial charge in [0.15, 0.2) is 5.96 Å². The van der Waals surface area contributed by atoms with E-state index in [1.165, 1.54) is 56.1 Å². The van der Waals surface area contributed by atoms with Crippen LogP contribution in [0.2, 0.25) is 0 Å². The van der Waals surface area contributed by atoms with Gasteiger partial charge in [0, 0.05) is 62.5 Å². The fourth-order valence-corrected chi connectivity index (χ4v) is 5.99. The Morgan fingerprint density at radius 3 is 2.67 bits per heavy atom. The van der Waals surface area contributed by atoms with Gasteiger partial charge in [0.1, 0.15) is 5.82 Å². The summed E-state index contributed by atoms with van der Waals surface area (Å²) in [5, 5.41) is 13.8. The van der Waals surface area contributed by atoms with Crippen LogP contribution in [-0.2, 0) is 12.6 Å². The van der Waals surface area contributed by atoms with Gasteiger partial charge in [-0.05, 0) is 19.8 Å². The quantitative estimate of drug-likeness (QED) is 0.536. The first-order valence-corrected chi connectivity index (χ1v) is 11.6. The third kappa shape index (κ3) is 4.90. The second kappa shape index (κ2) is 9.38. The zero-order valence-corrected chi connectivity index (χ0v) is 18.5. The summed E-state index contributed by atoms with van der Waals surface area (Å²) in [5.74, 6) is 1.21. The molecule has 1 saturated carbocycles. The molecule has 2 heterocycles. The number of aliphatic hydroxyl groups is 1. The molecular weight excluding hydrogens is 415 g/mol. The Bertz CT molecular complexity index is 727. The van der Waals surface area contributed by atoms with Crippen molar-refractivity contribution < 1.29 is 18.3 Å². The van der Waals surface area contributed by atoms with E-state index in [1.54, 1.807) is 0 Å². The highest BCUT2D eigenvalue weighted by molar-refractivity contribution is 8.00. The Hall–Kier alpha value is -1.42. The molecule has 10 heteroatoms. The normalized spacial score (nSPS) is 22.2. The smallest absolute Gasteiger partial charge is 0.374 e. The molecule has 2 N–H and O–H groups in total. The molecule has 1 aromatic rings. The minimum atomic E-state index is -4.84. The number of hydrogen-bond donors (Lipinski definition) is 2. The average molecular weight is 448 g/mol. The Kier molecular flexibility index (Phi) is 7.27. The monoisotopic (exact) mass is 447 g/mol. The Labute approximate surface area is 180 Å². The number of aliphatic imine (C=N–C) groups is 1. The molecule has 1 aliphatic heterocycles. The number of aromatic nitrogens is 2. The van der Waals surface area contributed by atoms with Crippen molar-refractivity contribution in [3.05, 3.63) is 18.2 Å². The van der Waals surface area contributed by atoms with Crippen molar-refractivity contribution in [2.24, 2.45) is 12.0 Å². The van der Waals surface area contributed by atoms with E-state index < -0.39 is 24.0 Å². The number of aryl methyl sites for hydroxylation is 1.